The van der Waals surface area contributed by atoms with Gasteiger partial charge in [0.05, 0.1) is 0 Å². The van der Waals surface area contributed by atoms with Crippen LogP contribution in [0.15, 0.2) is 48.7 Å². The maximum atomic E-state index is 12.8. The fraction of sp³-hybridized carbons (Fsp3) is 0.214. The molecular weight excluding hydrogens is 281 g/mol. The average molecular weight is 294 g/mol. The highest BCUT2D eigenvalue weighted by Gasteiger charge is 2.18. The molecule has 17 heavy (non-hydrogen) atoms. The van der Waals surface area contributed by atoms with Crippen molar-refractivity contribution in [1.82, 2.24) is 4.98 Å². The first-order valence-electron chi connectivity index (χ1n) is 5.49. The van der Waals surface area contributed by atoms with Crippen molar-refractivity contribution in [3.8, 4) is 0 Å². The maximum absolute atomic E-state index is 12.8. The lowest BCUT2D eigenvalue weighted by Crippen LogP contribution is -2.03. The third-order valence-electron chi connectivity index (χ3n) is 2.78. The molecule has 0 fully saturated rings. The molecule has 0 aliphatic carbocycles. The lowest BCUT2D eigenvalue weighted by atomic mass is 9.97. The van der Waals surface area contributed by atoms with Gasteiger partial charge >= 0.3 is 0 Å². The lowest BCUT2D eigenvalue weighted by molar-refractivity contribution is 0.625. The van der Waals surface area contributed by atoms with Crippen LogP contribution in [-0.4, -0.2) is 4.98 Å². The number of aromatic nitrogens is 1. The van der Waals surface area contributed by atoms with E-state index in [1.54, 1.807) is 18.3 Å². The molecule has 0 aliphatic heterocycles. The van der Waals surface area contributed by atoms with Gasteiger partial charge in [-0.3, -0.25) is 4.98 Å². The summed E-state index contributed by atoms with van der Waals surface area (Å²) in [4.78, 5) is 4.48. The fourth-order valence-electron chi connectivity index (χ4n) is 1.73. The van der Waals surface area contributed by atoms with Crippen LogP contribution in [0.3, 0.4) is 0 Å². The number of halogens is 2. The van der Waals surface area contributed by atoms with E-state index < -0.39 is 0 Å². The maximum Gasteiger partial charge on any atom is 0.123 e. The van der Waals surface area contributed by atoms with Crippen LogP contribution >= 0.6 is 15.9 Å². The molecule has 3 heteroatoms. The molecule has 0 radical (unpaired) electrons. The van der Waals surface area contributed by atoms with Crippen LogP contribution in [0.5, 0.6) is 0 Å². The molecule has 0 bridgehead atoms. The third kappa shape index (κ3) is 2.91. The van der Waals surface area contributed by atoms with Gasteiger partial charge < -0.3 is 0 Å². The Labute approximate surface area is 109 Å². The van der Waals surface area contributed by atoms with E-state index in [1.807, 2.05) is 18.2 Å². The van der Waals surface area contributed by atoms with Crippen molar-refractivity contribution in [1.29, 1.82) is 0 Å². The number of nitrogens with zero attached hydrogens (tertiary/aromatic N) is 1. The van der Waals surface area contributed by atoms with Crippen molar-refractivity contribution in [2.75, 3.05) is 0 Å². The second kappa shape index (κ2) is 5.41. The van der Waals surface area contributed by atoms with Crippen molar-refractivity contribution in [2.24, 2.45) is 0 Å². The molecule has 2 atom stereocenters. The minimum atomic E-state index is -0.209. The quantitative estimate of drug-likeness (QED) is 0.762. The molecule has 0 saturated carbocycles. The Morgan fingerprint density at radius 3 is 2.41 bits per heavy atom. The molecule has 2 rings (SSSR count). The van der Waals surface area contributed by atoms with Gasteiger partial charge in [-0.05, 0) is 29.8 Å². The van der Waals surface area contributed by atoms with Gasteiger partial charge in [0.1, 0.15) is 5.82 Å². The first-order chi connectivity index (χ1) is 8.18. The second-order valence-electron chi connectivity index (χ2n) is 4.00. The summed E-state index contributed by atoms with van der Waals surface area (Å²) in [5.41, 5.74) is 2.09. The number of hydrogen-bond donors (Lipinski definition) is 0. The van der Waals surface area contributed by atoms with E-state index in [0.29, 0.717) is 0 Å². The Hall–Kier alpha value is -1.22. The summed E-state index contributed by atoms with van der Waals surface area (Å²) >= 11 is 3.65. The van der Waals surface area contributed by atoms with Crippen molar-refractivity contribution in [3.05, 3.63) is 65.7 Å². The molecule has 2 unspecified atom stereocenters. The van der Waals surface area contributed by atoms with Crippen molar-refractivity contribution in [3.63, 3.8) is 0 Å². The van der Waals surface area contributed by atoms with Gasteiger partial charge in [-0.25, -0.2) is 4.39 Å². The predicted octanol–water partition coefficient (Wildman–Crippen LogP) is 4.46. The monoisotopic (exact) mass is 293 g/mol. The molecular formula is C14H13BrFN. The number of hydrogen-bond acceptors (Lipinski definition) is 1. The number of pyridine rings is 1. The van der Waals surface area contributed by atoms with Gasteiger partial charge in [0.15, 0.2) is 0 Å². The van der Waals surface area contributed by atoms with Crippen LogP contribution in [0.4, 0.5) is 4.39 Å². The second-order valence-corrected chi connectivity index (χ2v) is 4.98. The Morgan fingerprint density at radius 2 is 1.82 bits per heavy atom. The number of alkyl halides is 1. The zero-order chi connectivity index (χ0) is 12.3. The standard InChI is InChI=1S/C14H13BrFN/c1-10(13-4-2-3-9-17-13)14(15)11-5-7-12(16)8-6-11/h2-10,14H,1H3. The molecule has 0 spiro atoms. The molecule has 0 N–H and O–H groups in total. The Kier molecular flexibility index (Phi) is 3.89. The van der Waals surface area contributed by atoms with Crippen molar-refractivity contribution in [2.45, 2.75) is 17.7 Å². The SMILES string of the molecule is CC(c1ccccn1)C(Br)c1ccc(F)cc1. The van der Waals surface area contributed by atoms with E-state index >= 15 is 0 Å². The molecule has 0 aliphatic rings. The third-order valence-corrected chi connectivity index (χ3v) is 4.10. The van der Waals surface area contributed by atoms with Gasteiger partial charge in [0.2, 0.25) is 0 Å². The highest BCUT2D eigenvalue weighted by molar-refractivity contribution is 9.09. The van der Waals surface area contributed by atoms with Crippen molar-refractivity contribution < 1.29 is 4.39 Å². The van der Waals surface area contributed by atoms with Crippen LogP contribution in [-0.2, 0) is 0 Å². The summed E-state index contributed by atoms with van der Waals surface area (Å²) < 4.78 is 12.8. The normalized spacial score (nSPS) is 14.3. The summed E-state index contributed by atoms with van der Waals surface area (Å²) in [6.07, 6.45) is 1.79. The van der Waals surface area contributed by atoms with Gasteiger partial charge in [-0.1, -0.05) is 41.1 Å². The van der Waals surface area contributed by atoms with Crippen LogP contribution in [0, 0.1) is 5.82 Å². The minimum absolute atomic E-state index is 0.137. The summed E-state index contributed by atoms with van der Waals surface area (Å²) in [5, 5.41) is 0. The van der Waals surface area contributed by atoms with Crippen LogP contribution in [0.1, 0.15) is 28.9 Å². The Balaban J connectivity index is 2.20. The molecule has 1 heterocycles. The minimum Gasteiger partial charge on any atom is -0.261 e. The van der Waals surface area contributed by atoms with Crippen LogP contribution < -0.4 is 0 Å². The first-order valence-corrected chi connectivity index (χ1v) is 6.40. The Morgan fingerprint density at radius 1 is 1.12 bits per heavy atom. The van der Waals surface area contributed by atoms with Gasteiger partial charge in [-0.15, -0.1) is 0 Å². The van der Waals surface area contributed by atoms with Crippen molar-refractivity contribution >= 4 is 15.9 Å². The van der Waals surface area contributed by atoms with E-state index in [2.05, 4.69) is 27.8 Å². The summed E-state index contributed by atoms with van der Waals surface area (Å²) in [7, 11) is 0. The molecule has 2 aromatic rings. The van der Waals surface area contributed by atoms with E-state index in [0.717, 1.165) is 11.3 Å². The van der Waals surface area contributed by atoms with Crippen LogP contribution in [0.25, 0.3) is 0 Å². The predicted molar refractivity (Wildman–Crippen MR) is 70.7 cm³/mol. The molecule has 0 saturated heterocycles. The van der Waals surface area contributed by atoms with Gasteiger partial charge in [-0.2, -0.15) is 0 Å². The van der Waals surface area contributed by atoms with E-state index in [-0.39, 0.29) is 16.6 Å². The van der Waals surface area contributed by atoms with Gasteiger partial charge in [0.25, 0.3) is 0 Å². The lowest BCUT2D eigenvalue weighted by Gasteiger charge is -2.18. The topological polar surface area (TPSA) is 12.9 Å². The Bertz CT molecular complexity index is 469. The molecule has 0 amide bonds. The largest absolute Gasteiger partial charge is 0.261 e. The molecule has 88 valence electrons. The van der Waals surface area contributed by atoms with E-state index in [1.165, 1.54) is 12.1 Å². The van der Waals surface area contributed by atoms with Crippen LogP contribution in [0.2, 0.25) is 0 Å². The summed E-state index contributed by atoms with van der Waals surface area (Å²) in [5.74, 6) is 0.0283. The van der Waals surface area contributed by atoms with E-state index in [4.69, 9.17) is 0 Å². The highest BCUT2D eigenvalue weighted by atomic mass is 79.9. The number of rotatable bonds is 3. The summed E-state index contributed by atoms with van der Waals surface area (Å²) in [6, 6.07) is 12.4. The average Bonchev–Trinajstić information content (AvgIpc) is 2.39. The first kappa shape index (κ1) is 12.2. The number of benzene rings is 1. The summed E-state index contributed by atoms with van der Waals surface area (Å²) in [6.45, 7) is 2.10. The van der Waals surface area contributed by atoms with Gasteiger partial charge in [0, 0.05) is 22.6 Å². The van der Waals surface area contributed by atoms with E-state index in [9.17, 15) is 4.39 Å². The molecule has 1 nitrogen and oxygen atoms in total. The molecule has 1 aromatic heterocycles. The zero-order valence-corrected chi connectivity index (χ0v) is 11.1. The highest BCUT2D eigenvalue weighted by Crippen LogP contribution is 2.36. The fourth-order valence-corrected chi connectivity index (χ4v) is 2.31. The zero-order valence-electron chi connectivity index (χ0n) is 9.48. The molecule has 1 aromatic carbocycles. The smallest absolute Gasteiger partial charge is 0.123 e.